The quantitative estimate of drug-likeness (QED) is 0.109. The highest BCUT2D eigenvalue weighted by atomic mass is 35.5. The normalized spacial score (nSPS) is 24.3. The van der Waals surface area contributed by atoms with E-state index >= 15 is 4.39 Å². The first-order valence-electron chi connectivity index (χ1n) is 13.7. The monoisotopic (exact) mass is 587 g/mol. The number of rotatable bonds is 9. The van der Waals surface area contributed by atoms with Gasteiger partial charge in [-0.25, -0.2) is 5.06 Å². The molecule has 3 aliphatic rings. The van der Waals surface area contributed by atoms with Crippen molar-refractivity contribution in [2.45, 2.75) is 72.0 Å². The number of carbonyl (C=O) groups excluding carboxylic acids is 2. The molecule has 3 atom stereocenters. The van der Waals surface area contributed by atoms with E-state index in [9.17, 15) is 25.0 Å². The van der Waals surface area contributed by atoms with E-state index in [1.807, 2.05) is 13.8 Å². The molecule has 2 amide bonds. The number of halogens is 2. The van der Waals surface area contributed by atoms with Gasteiger partial charge in [-0.3, -0.25) is 25.6 Å². The van der Waals surface area contributed by atoms with Crippen molar-refractivity contribution in [3.8, 4) is 0 Å². The van der Waals surface area contributed by atoms with Crippen LogP contribution < -0.4 is 21.1 Å². The van der Waals surface area contributed by atoms with Gasteiger partial charge in [0.2, 0.25) is 23.4 Å². The van der Waals surface area contributed by atoms with Crippen molar-refractivity contribution in [3.63, 3.8) is 0 Å². The second-order valence-electron chi connectivity index (χ2n) is 12.4. The van der Waals surface area contributed by atoms with Gasteiger partial charge in [0.1, 0.15) is 0 Å². The van der Waals surface area contributed by atoms with E-state index < -0.39 is 29.2 Å². The third kappa shape index (κ3) is 8.35. The molecule has 2 aliphatic heterocycles. The van der Waals surface area contributed by atoms with Gasteiger partial charge in [-0.1, -0.05) is 53.4 Å². The van der Waals surface area contributed by atoms with Crippen LogP contribution in [0.5, 0.6) is 0 Å². The Morgan fingerprint density at radius 3 is 2.40 bits per heavy atom. The zero-order valence-electron chi connectivity index (χ0n) is 23.7. The summed E-state index contributed by atoms with van der Waals surface area (Å²) in [6, 6.07) is 0. The van der Waals surface area contributed by atoms with Gasteiger partial charge in [-0.05, 0) is 23.9 Å². The molecule has 14 heteroatoms. The number of nitrogens with zero attached hydrogens (tertiary/aromatic N) is 4. The molecule has 3 heterocycles. The topological polar surface area (TPSA) is 163 Å². The van der Waals surface area contributed by atoms with Crippen molar-refractivity contribution in [2.24, 2.45) is 22.7 Å². The molecule has 40 heavy (non-hydrogen) atoms. The Morgan fingerprint density at radius 1 is 1.23 bits per heavy atom. The average molecular weight is 588 g/mol. The molecule has 12 nitrogen and oxygen atoms in total. The summed E-state index contributed by atoms with van der Waals surface area (Å²) in [6.45, 7) is 9.94. The van der Waals surface area contributed by atoms with Gasteiger partial charge >= 0.3 is 0 Å². The van der Waals surface area contributed by atoms with Crippen LogP contribution in [-0.2, 0) is 9.59 Å². The number of carbonyl (C=O) groups is 2. The van der Waals surface area contributed by atoms with Crippen LogP contribution in [0, 0.1) is 28.5 Å². The molecule has 0 bridgehead atoms. The fraction of sp³-hybridized carbons (Fsp3) is 0.769. The Bertz CT molecular complexity index is 1030. The van der Waals surface area contributed by atoms with E-state index in [0.717, 1.165) is 38.8 Å². The Hall–Kier alpha value is -2.32. The van der Waals surface area contributed by atoms with Crippen molar-refractivity contribution in [1.82, 2.24) is 25.8 Å². The maximum atomic E-state index is 15.1. The second-order valence-corrected chi connectivity index (χ2v) is 12.8. The van der Waals surface area contributed by atoms with Gasteiger partial charge in [0, 0.05) is 37.0 Å². The van der Waals surface area contributed by atoms with Gasteiger partial charge in [0.25, 0.3) is 0 Å². The highest BCUT2D eigenvalue weighted by molar-refractivity contribution is 6.28. The largest absolute Gasteiger partial charge is 0.391 e. The minimum Gasteiger partial charge on any atom is -0.391 e. The number of hydrazine groups is 1. The van der Waals surface area contributed by atoms with Gasteiger partial charge < -0.3 is 20.4 Å². The molecule has 4 rings (SSSR count). The Labute approximate surface area is 239 Å². The van der Waals surface area contributed by atoms with E-state index in [2.05, 4.69) is 40.0 Å². The van der Waals surface area contributed by atoms with Crippen LogP contribution in [-0.4, -0.2) is 87.7 Å². The van der Waals surface area contributed by atoms with Gasteiger partial charge in [-0.15, -0.1) is 0 Å². The highest BCUT2D eigenvalue weighted by Gasteiger charge is 2.40. The first-order valence-corrected chi connectivity index (χ1v) is 14.1. The number of aliphatic hydroxyl groups excluding tert-OH is 2. The van der Waals surface area contributed by atoms with E-state index in [1.54, 1.807) is 4.90 Å². The fourth-order valence-corrected chi connectivity index (χ4v) is 5.47. The lowest BCUT2D eigenvalue weighted by Gasteiger charge is -2.23. The van der Waals surface area contributed by atoms with E-state index in [4.69, 9.17) is 11.6 Å². The third-order valence-corrected chi connectivity index (χ3v) is 8.29. The summed E-state index contributed by atoms with van der Waals surface area (Å²) in [6.07, 6.45) is 4.07. The molecule has 1 aliphatic carbocycles. The minimum atomic E-state index is -0.816. The predicted molar refractivity (Wildman–Crippen MR) is 148 cm³/mol. The molecule has 0 aromatic carbocycles. The van der Waals surface area contributed by atoms with Gasteiger partial charge in [0.05, 0.1) is 24.7 Å². The molecule has 6 N–H and O–H groups in total. The molecule has 0 spiro atoms. The Balaban J connectivity index is 0.000000472. The molecule has 1 aromatic rings. The zero-order chi connectivity index (χ0) is 29.7. The van der Waals surface area contributed by atoms with Crippen LogP contribution in [0.25, 0.3) is 0 Å². The SMILES string of the molecule is CC1(C)CN(c2nc(Cl)nc(NNC(=O)[C@H](CC3CCCC3)CN(O)C=O)c2F)C[C@H]1O.CC1(C)CNC[C@H]1O. The number of hydroxylamine groups is 2. The van der Waals surface area contributed by atoms with Crippen LogP contribution in [0.15, 0.2) is 0 Å². The molecule has 0 radical (unpaired) electrons. The third-order valence-electron chi connectivity index (χ3n) is 8.12. The molecular weight excluding hydrogens is 545 g/mol. The van der Waals surface area contributed by atoms with Crippen molar-refractivity contribution < 1.29 is 29.4 Å². The summed E-state index contributed by atoms with van der Waals surface area (Å²) in [4.78, 5) is 32.9. The number of β-amino-alcohol motifs (C(OH)–C–C–N with tert-alkyl or cyclic N) is 2. The molecule has 2 saturated heterocycles. The first-order chi connectivity index (χ1) is 18.7. The van der Waals surface area contributed by atoms with Crippen molar-refractivity contribution in [3.05, 3.63) is 11.1 Å². The molecule has 1 saturated carbocycles. The second kappa shape index (κ2) is 13.6. The fourth-order valence-electron chi connectivity index (χ4n) is 5.31. The van der Waals surface area contributed by atoms with Gasteiger partial charge in [0.15, 0.2) is 11.6 Å². The standard InChI is InChI=1S/C20H30ClFN6O4.C6H13NO/c1-20(2)10-27(9-14(20)30)17-15(22)16(23-19(21)24-17)25-26-18(31)13(8-28(32)11-29)7-12-5-3-4-6-12;1-6(2)4-7-3-5(6)8/h11-14,30,32H,3-10H2,1-2H3,(H,26,31)(H,23,24,25);5,7-8H,3-4H2,1-2H3/t13-,14-;5-/m11/s1. The van der Waals surface area contributed by atoms with E-state index in [0.29, 0.717) is 23.9 Å². The number of hydrogen-bond acceptors (Lipinski definition) is 10. The van der Waals surface area contributed by atoms with Crippen molar-refractivity contribution >= 4 is 35.6 Å². The Kier molecular flexibility index (Phi) is 10.9. The summed E-state index contributed by atoms with van der Waals surface area (Å²) < 4.78 is 15.1. The van der Waals surface area contributed by atoms with Gasteiger partial charge in [-0.2, -0.15) is 14.4 Å². The molecule has 1 aromatic heterocycles. The van der Waals surface area contributed by atoms with E-state index in [1.165, 1.54) is 0 Å². The first kappa shape index (κ1) is 32.2. The lowest BCUT2D eigenvalue weighted by Crippen LogP contribution is -2.41. The Morgan fingerprint density at radius 2 is 1.90 bits per heavy atom. The number of amides is 2. The average Bonchev–Trinajstić information content (AvgIpc) is 3.58. The van der Waals surface area contributed by atoms with Crippen molar-refractivity contribution in [1.29, 1.82) is 0 Å². The lowest BCUT2D eigenvalue weighted by molar-refractivity contribution is -0.154. The molecule has 3 fully saturated rings. The number of hydrogen-bond donors (Lipinski definition) is 6. The molecule has 0 unspecified atom stereocenters. The van der Waals surface area contributed by atoms with Crippen LogP contribution >= 0.6 is 11.6 Å². The number of aromatic nitrogens is 2. The summed E-state index contributed by atoms with van der Waals surface area (Å²) in [5.41, 5.74) is 4.52. The number of anilines is 2. The van der Waals surface area contributed by atoms with Crippen LogP contribution in [0.1, 0.15) is 59.8 Å². The number of nitrogens with one attached hydrogen (secondary N) is 3. The molecular formula is C26H43ClFN7O5. The smallest absolute Gasteiger partial charge is 0.243 e. The van der Waals surface area contributed by atoms with Crippen molar-refractivity contribution in [2.75, 3.05) is 43.0 Å². The zero-order valence-corrected chi connectivity index (χ0v) is 24.4. The highest BCUT2D eigenvalue weighted by Crippen LogP contribution is 2.35. The summed E-state index contributed by atoms with van der Waals surface area (Å²) in [7, 11) is 0. The maximum Gasteiger partial charge on any atom is 0.243 e. The minimum absolute atomic E-state index is 0.0728. The lowest BCUT2D eigenvalue weighted by atomic mass is 9.90. The van der Waals surface area contributed by atoms with E-state index in [-0.39, 0.29) is 47.9 Å². The maximum absolute atomic E-state index is 15.1. The molecule has 226 valence electrons. The summed E-state index contributed by atoms with van der Waals surface area (Å²) in [5.74, 6) is -2.07. The summed E-state index contributed by atoms with van der Waals surface area (Å²) >= 11 is 5.98. The predicted octanol–water partition coefficient (Wildman–Crippen LogP) is 1.94. The van der Waals surface area contributed by atoms with Crippen LogP contribution in [0.4, 0.5) is 16.0 Å². The summed E-state index contributed by atoms with van der Waals surface area (Å²) in [5, 5.41) is 32.3. The van der Waals surface area contributed by atoms with Crippen LogP contribution in [0.2, 0.25) is 5.28 Å². The van der Waals surface area contributed by atoms with Crippen LogP contribution in [0.3, 0.4) is 0 Å². The number of aliphatic hydroxyl groups is 2.